The van der Waals surface area contributed by atoms with Crippen LogP contribution in [0.4, 0.5) is 10.1 Å². The molecule has 2 rings (SSSR count). The van der Waals surface area contributed by atoms with Crippen molar-refractivity contribution in [2.45, 2.75) is 0 Å². The Morgan fingerprint density at radius 2 is 2.29 bits per heavy atom. The average Bonchev–Trinajstić information content (AvgIpc) is 2.70. The molecule has 1 aromatic carbocycles. The van der Waals surface area contributed by atoms with Crippen molar-refractivity contribution >= 4 is 17.2 Å². The maximum absolute atomic E-state index is 13.0. The second-order valence-corrected chi connectivity index (χ2v) is 3.34. The van der Waals surface area contributed by atoms with Gasteiger partial charge >= 0.3 is 0 Å². The first-order chi connectivity index (χ1) is 6.81. The lowest BCUT2D eigenvalue weighted by molar-refractivity contribution is 0.628. The lowest BCUT2D eigenvalue weighted by Crippen LogP contribution is -1.93. The van der Waals surface area contributed by atoms with E-state index in [0.29, 0.717) is 5.69 Å². The third kappa shape index (κ3) is 1.58. The van der Waals surface area contributed by atoms with E-state index in [1.807, 2.05) is 0 Å². The van der Waals surface area contributed by atoms with Crippen molar-refractivity contribution in [1.82, 2.24) is 9.59 Å². The fraction of sp³-hybridized carbons (Fsp3) is 0.111. The molecule has 0 fully saturated rings. The Hall–Kier alpha value is -1.49. The number of benzene rings is 1. The molecule has 0 aliphatic heterocycles. The molecule has 72 valence electrons. The molecule has 0 unspecified atom stereocenters. The lowest BCUT2D eigenvalue weighted by atomic mass is 10.1. The van der Waals surface area contributed by atoms with Gasteiger partial charge in [-0.2, -0.15) is 0 Å². The van der Waals surface area contributed by atoms with Crippen LogP contribution in [0.5, 0.6) is 0 Å². The molecular weight excluding hydrogens is 201 g/mol. The lowest BCUT2D eigenvalue weighted by Gasteiger charge is -2.05. The SMILES string of the molecule is CNc1ccc(F)cc1-c1csnn1. The summed E-state index contributed by atoms with van der Waals surface area (Å²) < 4.78 is 16.7. The van der Waals surface area contributed by atoms with Gasteiger partial charge in [-0.05, 0) is 29.7 Å². The highest BCUT2D eigenvalue weighted by Crippen LogP contribution is 2.27. The summed E-state index contributed by atoms with van der Waals surface area (Å²) in [5.74, 6) is -0.271. The van der Waals surface area contributed by atoms with E-state index in [2.05, 4.69) is 14.9 Å². The first kappa shape index (κ1) is 9.08. The van der Waals surface area contributed by atoms with E-state index in [9.17, 15) is 4.39 Å². The summed E-state index contributed by atoms with van der Waals surface area (Å²) in [5.41, 5.74) is 2.28. The van der Waals surface area contributed by atoms with Crippen molar-refractivity contribution in [3.05, 3.63) is 29.4 Å². The van der Waals surface area contributed by atoms with Gasteiger partial charge in [0.1, 0.15) is 11.5 Å². The molecule has 3 nitrogen and oxygen atoms in total. The zero-order valence-electron chi connectivity index (χ0n) is 7.49. The van der Waals surface area contributed by atoms with Gasteiger partial charge in [0.15, 0.2) is 0 Å². The molecule has 0 spiro atoms. The highest BCUT2D eigenvalue weighted by Gasteiger charge is 2.07. The van der Waals surface area contributed by atoms with Gasteiger partial charge in [0, 0.05) is 23.7 Å². The molecule has 2 aromatic rings. The summed E-state index contributed by atoms with van der Waals surface area (Å²) >= 11 is 1.25. The standard InChI is InChI=1S/C9H8FN3S/c1-11-8-3-2-6(10)4-7(8)9-5-14-13-12-9/h2-5,11H,1H3. The Labute approximate surface area is 84.8 Å². The van der Waals surface area contributed by atoms with Gasteiger partial charge in [0.05, 0.1) is 0 Å². The molecule has 0 amide bonds. The number of nitrogens with zero attached hydrogens (tertiary/aromatic N) is 2. The average molecular weight is 209 g/mol. The summed E-state index contributed by atoms with van der Waals surface area (Å²) in [6, 6.07) is 4.54. The first-order valence-corrected chi connectivity index (χ1v) is 4.89. The molecule has 0 saturated carbocycles. The van der Waals surface area contributed by atoms with Crippen LogP contribution in [0.15, 0.2) is 23.6 Å². The Balaban J connectivity index is 2.55. The molecule has 0 bridgehead atoms. The second kappa shape index (κ2) is 3.71. The molecule has 14 heavy (non-hydrogen) atoms. The van der Waals surface area contributed by atoms with Crippen LogP contribution < -0.4 is 5.32 Å². The maximum Gasteiger partial charge on any atom is 0.124 e. The fourth-order valence-corrected chi connectivity index (χ4v) is 1.68. The van der Waals surface area contributed by atoms with Gasteiger partial charge in [0.2, 0.25) is 0 Å². The number of rotatable bonds is 2. The van der Waals surface area contributed by atoms with Crippen LogP contribution in [0.25, 0.3) is 11.3 Å². The molecule has 0 aliphatic rings. The molecule has 0 aliphatic carbocycles. The molecule has 0 saturated heterocycles. The molecule has 0 atom stereocenters. The minimum absolute atomic E-state index is 0.271. The van der Waals surface area contributed by atoms with Gasteiger partial charge in [-0.15, -0.1) is 5.10 Å². The van der Waals surface area contributed by atoms with Crippen LogP contribution in [0.1, 0.15) is 0 Å². The largest absolute Gasteiger partial charge is 0.388 e. The maximum atomic E-state index is 13.0. The minimum Gasteiger partial charge on any atom is -0.388 e. The smallest absolute Gasteiger partial charge is 0.124 e. The summed E-state index contributed by atoms with van der Waals surface area (Å²) in [6.45, 7) is 0. The van der Waals surface area contributed by atoms with Crippen molar-refractivity contribution in [3.63, 3.8) is 0 Å². The summed E-state index contributed by atoms with van der Waals surface area (Å²) in [7, 11) is 1.79. The van der Waals surface area contributed by atoms with Crippen molar-refractivity contribution in [1.29, 1.82) is 0 Å². The number of nitrogens with one attached hydrogen (secondary N) is 1. The highest BCUT2D eigenvalue weighted by molar-refractivity contribution is 7.03. The molecule has 1 heterocycles. The van der Waals surface area contributed by atoms with Crippen LogP contribution in [-0.2, 0) is 0 Å². The number of halogens is 1. The Bertz CT molecular complexity index is 428. The van der Waals surface area contributed by atoms with E-state index in [1.165, 1.54) is 23.7 Å². The van der Waals surface area contributed by atoms with Crippen molar-refractivity contribution in [2.24, 2.45) is 0 Å². The van der Waals surface area contributed by atoms with Crippen LogP contribution >= 0.6 is 11.5 Å². The highest BCUT2D eigenvalue weighted by atomic mass is 32.1. The van der Waals surface area contributed by atoms with Crippen LogP contribution in [0.2, 0.25) is 0 Å². The van der Waals surface area contributed by atoms with E-state index in [1.54, 1.807) is 18.5 Å². The number of hydrogen-bond acceptors (Lipinski definition) is 4. The Kier molecular flexibility index (Phi) is 2.41. The van der Waals surface area contributed by atoms with E-state index >= 15 is 0 Å². The summed E-state index contributed by atoms with van der Waals surface area (Å²) in [5, 5.41) is 8.67. The first-order valence-electron chi connectivity index (χ1n) is 4.06. The zero-order valence-corrected chi connectivity index (χ0v) is 8.31. The van der Waals surface area contributed by atoms with Crippen molar-refractivity contribution in [2.75, 3.05) is 12.4 Å². The number of aromatic nitrogens is 2. The normalized spacial score (nSPS) is 10.1. The van der Waals surface area contributed by atoms with E-state index < -0.39 is 0 Å². The summed E-state index contributed by atoms with van der Waals surface area (Å²) in [6.07, 6.45) is 0. The van der Waals surface area contributed by atoms with Crippen molar-refractivity contribution in [3.8, 4) is 11.3 Å². The predicted molar refractivity (Wildman–Crippen MR) is 54.8 cm³/mol. The van der Waals surface area contributed by atoms with Crippen LogP contribution in [0.3, 0.4) is 0 Å². The number of anilines is 1. The van der Waals surface area contributed by atoms with Gasteiger partial charge < -0.3 is 5.32 Å². The molecule has 1 N–H and O–H groups in total. The fourth-order valence-electron chi connectivity index (χ4n) is 1.23. The van der Waals surface area contributed by atoms with E-state index in [0.717, 1.165) is 11.3 Å². The third-order valence-corrected chi connectivity index (χ3v) is 2.39. The topological polar surface area (TPSA) is 37.8 Å². The number of hydrogen-bond donors (Lipinski definition) is 1. The van der Waals surface area contributed by atoms with E-state index in [4.69, 9.17) is 0 Å². The molecular formula is C9H8FN3S. The Morgan fingerprint density at radius 1 is 1.43 bits per heavy atom. The van der Waals surface area contributed by atoms with Gasteiger partial charge in [-0.3, -0.25) is 0 Å². The second-order valence-electron chi connectivity index (χ2n) is 2.73. The van der Waals surface area contributed by atoms with Crippen LogP contribution in [0, 0.1) is 5.82 Å². The monoisotopic (exact) mass is 209 g/mol. The predicted octanol–water partition coefficient (Wildman–Crippen LogP) is 2.39. The van der Waals surface area contributed by atoms with Gasteiger partial charge in [-0.25, -0.2) is 4.39 Å². The van der Waals surface area contributed by atoms with Crippen molar-refractivity contribution < 1.29 is 4.39 Å². The van der Waals surface area contributed by atoms with Gasteiger partial charge in [0.25, 0.3) is 0 Å². The van der Waals surface area contributed by atoms with E-state index in [-0.39, 0.29) is 5.82 Å². The zero-order chi connectivity index (χ0) is 9.97. The Morgan fingerprint density at radius 3 is 2.93 bits per heavy atom. The third-order valence-electron chi connectivity index (χ3n) is 1.89. The van der Waals surface area contributed by atoms with Gasteiger partial charge in [-0.1, -0.05) is 4.49 Å². The quantitative estimate of drug-likeness (QED) is 0.825. The molecule has 1 aromatic heterocycles. The summed E-state index contributed by atoms with van der Waals surface area (Å²) in [4.78, 5) is 0. The molecule has 0 radical (unpaired) electrons. The minimum atomic E-state index is -0.271. The van der Waals surface area contributed by atoms with Crippen LogP contribution in [-0.4, -0.2) is 16.6 Å². The molecule has 5 heteroatoms.